The highest BCUT2D eigenvalue weighted by Crippen LogP contribution is 2.30. The topological polar surface area (TPSA) is 66.9 Å². The molecule has 1 aliphatic heterocycles. The van der Waals surface area contributed by atoms with Crippen molar-refractivity contribution < 1.29 is 17.9 Å². The van der Waals surface area contributed by atoms with Crippen molar-refractivity contribution in [2.75, 3.05) is 51.3 Å². The van der Waals surface area contributed by atoms with Gasteiger partial charge in [0.2, 0.25) is 5.91 Å². The number of carbonyl (C=O) groups excluding carboxylic acids is 1. The average Bonchev–Trinajstić information content (AvgIpc) is 3.21. The summed E-state index contributed by atoms with van der Waals surface area (Å²) in [5, 5.41) is 0. The monoisotopic (exact) mass is 318 g/mol. The van der Waals surface area contributed by atoms with Crippen molar-refractivity contribution in [3.05, 3.63) is 0 Å². The Morgan fingerprint density at radius 3 is 2.62 bits per heavy atom. The standard InChI is InChI=1S/C14H26N2O4S/c1-3-21(18,19)11-14(17)16(8-12-4-5-12)10-13-9-15(2)6-7-20-13/h12-13H,3-11H2,1-2H3/t13-/m0/s1. The van der Waals surface area contributed by atoms with E-state index < -0.39 is 9.84 Å². The van der Waals surface area contributed by atoms with Gasteiger partial charge in [-0.2, -0.15) is 0 Å². The average molecular weight is 318 g/mol. The van der Waals surface area contributed by atoms with Crippen LogP contribution in [0.1, 0.15) is 19.8 Å². The van der Waals surface area contributed by atoms with E-state index in [9.17, 15) is 13.2 Å². The van der Waals surface area contributed by atoms with Gasteiger partial charge in [0.1, 0.15) is 5.75 Å². The zero-order valence-corrected chi connectivity index (χ0v) is 13.8. The van der Waals surface area contributed by atoms with Crippen LogP contribution in [-0.2, 0) is 19.4 Å². The minimum atomic E-state index is -3.27. The highest BCUT2D eigenvalue weighted by atomic mass is 32.2. The molecule has 2 aliphatic rings. The molecule has 2 rings (SSSR count). The zero-order chi connectivity index (χ0) is 15.5. The van der Waals surface area contributed by atoms with Gasteiger partial charge in [0.05, 0.1) is 12.7 Å². The Hall–Kier alpha value is -0.660. The maximum Gasteiger partial charge on any atom is 0.237 e. The molecular weight excluding hydrogens is 292 g/mol. The lowest BCUT2D eigenvalue weighted by Gasteiger charge is -2.34. The minimum absolute atomic E-state index is 0.0126. The summed E-state index contributed by atoms with van der Waals surface area (Å²) in [7, 11) is -1.24. The molecule has 0 radical (unpaired) electrons. The van der Waals surface area contributed by atoms with Crippen LogP contribution >= 0.6 is 0 Å². The van der Waals surface area contributed by atoms with E-state index in [2.05, 4.69) is 4.90 Å². The van der Waals surface area contributed by atoms with E-state index in [1.165, 1.54) is 0 Å². The molecule has 0 bridgehead atoms. The molecule has 2 fully saturated rings. The first kappa shape index (κ1) is 16.7. The van der Waals surface area contributed by atoms with Gasteiger partial charge in [-0.05, 0) is 25.8 Å². The van der Waals surface area contributed by atoms with E-state index in [1.54, 1.807) is 11.8 Å². The Bertz CT molecular complexity index is 462. The van der Waals surface area contributed by atoms with Gasteiger partial charge in [0.15, 0.2) is 9.84 Å². The molecular formula is C14H26N2O4S. The van der Waals surface area contributed by atoms with Crippen molar-refractivity contribution in [1.82, 2.24) is 9.80 Å². The van der Waals surface area contributed by atoms with Gasteiger partial charge in [-0.1, -0.05) is 6.92 Å². The fraction of sp³-hybridized carbons (Fsp3) is 0.929. The predicted octanol–water partition coefficient (Wildman–Crippen LogP) is -0.00970. The molecule has 0 aromatic rings. The molecule has 1 saturated carbocycles. The molecule has 0 unspecified atom stereocenters. The second-order valence-corrected chi connectivity index (χ2v) is 8.53. The van der Waals surface area contributed by atoms with E-state index in [-0.39, 0.29) is 23.5 Å². The zero-order valence-electron chi connectivity index (χ0n) is 13.0. The molecule has 0 aromatic carbocycles. The van der Waals surface area contributed by atoms with Gasteiger partial charge in [-0.3, -0.25) is 4.79 Å². The van der Waals surface area contributed by atoms with Crippen LogP contribution in [0.15, 0.2) is 0 Å². The summed E-state index contributed by atoms with van der Waals surface area (Å²) in [5.74, 6) is -0.0996. The van der Waals surface area contributed by atoms with Gasteiger partial charge in [0.25, 0.3) is 0 Å². The molecule has 1 amide bonds. The lowest BCUT2D eigenvalue weighted by Crippen LogP contribution is -2.49. The lowest BCUT2D eigenvalue weighted by atomic mass is 10.2. The van der Waals surface area contributed by atoms with Crippen LogP contribution < -0.4 is 0 Å². The van der Waals surface area contributed by atoms with E-state index >= 15 is 0 Å². The molecule has 6 nitrogen and oxygen atoms in total. The van der Waals surface area contributed by atoms with Crippen LogP contribution in [0.2, 0.25) is 0 Å². The Morgan fingerprint density at radius 1 is 1.33 bits per heavy atom. The first-order valence-electron chi connectivity index (χ1n) is 7.68. The summed E-state index contributed by atoms with van der Waals surface area (Å²) in [5.41, 5.74) is 0. The fourth-order valence-electron chi connectivity index (χ4n) is 2.49. The van der Waals surface area contributed by atoms with Crippen LogP contribution in [0.25, 0.3) is 0 Å². The fourth-order valence-corrected chi connectivity index (χ4v) is 3.26. The number of morpholine rings is 1. The van der Waals surface area contributed by atoms with Crippen molar-refractivity contribution in [2.24, 2.45) is 5.92 Å². The van der Waals surface area contributed by atoms with Crippen LogP contribution in [-0.4, -0.2) is 81.6 Å². The normalized spacial score (nSPS) is 24.0. The number of hydrogen-bond acceptors (Lipinski definition) is 5. The number of sulfone groups is 1. The highest BCUT2D eigenvalue weighted by molar-refractivity contribution is 7.92. The van der Waals surface area contributed by atoms with Gasteiger partial charge in [-0.15, -0.1) is 0 Å². The molecule has 122 valence electrons. The summed E-state index contributed by atoms with van der Waals surface area (Å²) in [6.07, 6.45) is 2.25. The highest BCUT2D eigenvalue weighted by Gasteiger charge is 2.31. The molecule has 21 heavy (non-hydrogen) atoms. The molecule has 0 aromatic heterocycles. The third-order valence-electron chi connectivity index (χ3n) is 4.08. The van der Waals surface area contributed by atoms with Crippen molar-refractivity contribution in [2.45, 2.75) is 25.9 Å². The Balaban J connectivity index is 1.94. The molecule has 1 atom stereocenters. The number of carbonyl (C=O) groups is 1. The van der Waals surface area contributed by atoms with Crippen molar-refractivity contribution in [1.29, 1.82) is 0 Å². The molecule has 1 aliphatic carbocycles. The summed E-state index contributed by atoms with van der Waals surface area (Å²) < 4.78 is 29.0. The lowest BCUT2D eigenvalue weighted by molar-refractivity contribution is -0.132. The van der Waals surface area contributed by atoms with Gasteiger partial charge in [-0.25, -0.2) is 8.42 Å². The third kappa shape index (κ3) is 5.56. The van der Waals surface area contributed by atoms with Gasteiger partial charge >= 0.3 is 0 Å². The molecule has 1 saturated heterocycles. The van der Waals surface area contributed by atoms with Crippen molar-refractivity contribution >= 4 is 15.7 Å². The Morgan fingerprint density at radius 2 is 2.05 bits per heavy atom. The quantitative estimate of drug-likeness (QED) is 0.660. The largest absolute Gasteiger partial charge is 0.374 e. The van der Waals surface area contributed by atoms with Crippen molar-refractivity contribution in [3.8, 4) is 0 Å². The number of hydrogen-bond donors (Lipinski definition) is 0. The van der Waals surface area contributed by atoms with Gasteiger partial charge < -0.3 is 14.5 Å². The summed E-state index contributed by atoms with van der Waals surface area (Å²) in [6, 6.07) is 0. The molecule has 1 heterocycles. The first-order valence-corrected chi connectivity index (χ1v) is 9.50. The number of likely N-dealkylation sites (N-methyl/N-ethyl adjacent to an activating group) is 1. The molecule has 0 N–H and O–H groups in total. The van der Waals surface area contributed by atoms with E-state index in [0.717, 1.165) is 25.9 Å². The number of rotatable bonds is 7. The van der Waals surface area contributed by atoms with E-state index in [0.29, 0.717) is 25.6 Å². The second-order valence-electron chi connectivity index (χ2n) is 6.17. The van der Waals surface area contributed by atoms with Crippen LogP contribution in [0.4, 0.5) is 0 Å². The third-order valence-corrected chi connectivity index (χ3v) is 5.64. The van der Waals surface area contributed by atoms with Gasteiger partial charge in [0, 0.05) is 31.9 Å². The molecule has 7 heteroatoms. The van der Waals surface area contributed by atoms with E-state index in [1.807, 2.05) is 7.05 Å². The second kappa shape index (κ2) is 7.07. The Labute approximate surface area is 127 Å². The predicted molar refractivity (Wildman–Crippen MR) is 80.9 cm³/mol. The first-order chi connectivity index (χ1) is 9.89. The number of nitrogens with zero attached hydrogens (tertiary/aromatic N) is 2. The smallest absolute Gasteiger partial charge is 0.237 e. The maximum atomic E-state index is 12.3. The van der Waals surface area contributed by atoms with Crippen LogP contribution in [0.3, 0.4) is 0 Å². The summed E-state index contributed by atoms with van der Waals surface area (Å²) >= 11 is 0. The minimum Gasteiger partial charge on any atom is -0.374 e. The molecule has 0 spiro atoms. The van der Waals surface area contributed by atoms with Crippen molar-refractivity contribution in [3.63, 3.8) is 0 Å². The Kier molecular flexibility index (Phi) is 5.62. The van der Waals surface area contributed by atoms with Crippen LogP contribution in [0, 0.1) is 5.92 Å². The van der Waals surface area contributed by atoms with E-state index in [4.69, 9.17) is 4.74 Å². The van der Waals surface area contributed by atoms with Crippen LogP contribution in [0.5, 0.6) is 0 Å². The SMILES string of the molecule is CCS(=O)(=O)CC(=O)N(CC1CC1)C[C@@H]1CN(C)CCO1. The summed E-state index contributed by atoms with van der Waals surface area (Å²) in [4.78, 5) is 16.2. The summed E-state index contributed by atoms with van der Waals surface area (Å²) in [6.45, 7) is 5.10. The number of ether oxygens (including phenoxy) is 1. The number of amides is 1. The maximum absolute atomic E-state index is 12.3.